The van der Waals surface area contributed by atoms with Gasteiger partial charge in [0.25, 0.3) is 0 Å². The topological polar surface area (TPSA) is 85.2 Å². The average Bonchev–Trinajstić information content (AvgIpc) is 2.63. The first kappa shape index (κ1) is 15.4. The highest BCUT2D eigenvalue weighted by atomic mass is 16.6. The van der Waals surface area contributed by atoms with Gasteiger partial charge in [-0.2, -0.15) is 0 Å². The molecule has 0 saturated carbocycles. The molecule has 0 radical (unpaired) electrons. The smallest absolute Gasteiger partial charge is 0.311 e. The standard InChI is InChI=1S/C12H22O6/c1-3-16-11(14)7-12(2,15)18-5-4-10-6-9(13)8-17-10/h9-10,13,15H,3-8H2,1-2H3/t9-,10-,12+/m0/s1. The third-order valence-corrected chi connectivity index (χ3v) is 2.69. The third-order valence-electron chi connectivity index (χ3n) is 2.69. The molecule has 1 aliphatic heterocycles. The predicted molar refractivity (Wildman–Crippen MR) is 62.8 cm³/mol. The lowest BCUT2D eigenvalue weighted by atomic mass is 10.1. The maximum absolute atomic E-state index is 11.2. The molecule has 0 aromatic rings. The first-order valence-corrected chi connectivity index (χ1v) is 6.24. The fraction of sp³-hybridized carbons (Fsp3) is 0.917. The van der Waals surface area contributed by atoms with E-state index in [1.807, 2.05) is 0 Å². The summed E-state index contributed by atoms with van der Waals surface area (Å²) in [6.45, 7) is 4.03. The molecule has 0 spiro atoms. The maximum atomic E-state index is 11.2. The fourth-order valence-corrected chi connectivity index (χ4v) is 1.83. The molecule has 1 aliphatic rings. The summed E-state index contributed by atoms with van der Waals surface area (Å²) < 4.78 is 15.3. The Morgan fingerprint density at radius 3 is 2.83 bits per heavy atom. The number of hydrogen-bond acceptors (Lipinski definition) is 6. The molecule has 0 amide bonds. The van der Waals surface area contributed by atoms with Gasteiger partial charge in [0.05, 0.1) is 38.4 Å². The van der Waals surface area contributed by atoms with E-state index in [1.165, 1.54) is 6.92 Å². The van der Waals surface area contributed by atoms with E-state index in [0.717, 1.165) is 0 Å². The van der Waals surface area contributed by atoms with Crippen LogP contribution in [0.25, 0.3) is 0 Å². The lowest BCUT2D eigenvalue weighted by Crippen LogP contribution is -2.33. The van der Waals surface area contributed by atoms with E-state index in [0.29, 0.717) is 19.4 Å². The second kappa shape index (κ2) is 7.04. The van der Waals surface area contributed by atoms with Crippen molar-refractivity contribution in [1.82, 2.24) is 0 Å². The van der Waals surface area contributed by atoms with Crippen LogP contribution in [0.4, 0.5) is 0 Å². The Bertz CT molecular complexity index is 265. The minimum Gasteiger partial charge on any atom is -0.466 e. The van der Waals surface area contributed by atoms with Gasteiger partial charge in [-0.05, 0) is 20.3 Å². The molecular weight excluding hydrogens is 240 g/mol. The molecule has 0 aromatic carbocycles. The highest BCUT2D eigenvalue weighted by Crippen LogP contribution is 2.18. The zero-order valence-electron chi connectivity index (χ0n) is 10.9. The Kier molecular flexibility index (Phi) is 6.01. The van der Waals surface area contributed by atoms with Crippen molar-refractivity contribution in [3.05, 3.63) is 0 Å². The van der Waals surface area contributed by atoms with Crippen LogP contribution in [-0.4, -0.2) is 54.0 Å². The minimum absolute atomic E-state index is 0.0432. The molecule has 3 atom stereocenters. The Balaban J connectivity index is 2.18. The summed E-state index contributed by atoms with van der Waals surface area (Å²) in [6, 6.07) is 0. The van der Waals surface area contributed by atoms with E-state index >= 15 is 0 Å². The molecule has 0 aromatic heterocycles. The largest absolute Gasteiger partial charge is 0.466 e. The van der Waals surface area contributed by atoms with Crippen molar-refractivity contribution in [3.8, 4) is 0 Å². The zero-order chi connectivity index (χ0) is 13.6. The van der Waals surface area contributed by atoms with Gasteiger partial charge in [0, 0.05) is 6.42 Å². The number of carbonyl (C=O) groups is 1. The molecule has 6 nitrogen and oxygen atoms in total. The highest BCUT2D eigenvalue weighted by Gasteiger charge is 2.28. The van der Waals surface area contributed by atoms with Crippen LogP contribution in [0.5, 0.6) is 0 Å². The fourth-order valence-electron chi connectivity index (χ4n) is 1.83. The molecule has 6 heteroatoms. The first-order valence-electron chi connectivity index (χ1n) is 6.24. The summed E-state index contributed by atoms with van der Waals surface area (Å²) in [5, 5.41) is 19.1. The van der Waals surface area contributed by atoms with Crippen LogP contribution in [0.3, 0.4) is 0 Å². The van der Waals surface area contributed by atoms with E-state index in [1.54, 1.807) is 6.92 Å². The number of aliphatic hydroxyl groups is 2. The van der Waals surface area contributed by atoms with Gasteiger partial charge < -0.3 is 24.4 Å². The van der Waals surface area contributed by atoms with Crippen molar-refractivity contribution >= 4 is 5.97 Å². The number of esters is 1. The lowest BCUT2D eigenvalue weighted by Gasteiger charge is -2.23. The summed E-state index contributed by atoms with van der Waals surface area (Å²) in [4.78, 5) is 11.2. The van der Waals surface area contributed by atoms with Gasteiger partial charge >= 0.3 is 5.97 Å². The van der Waals surface area contributed by atoms with Crippen LogP contribution >= 0.6 is 0 Å². The number of aliphatic hydroxyl groups excluding tert-OH is 1. The summed E-state index contributed by atoms with van der Waals surface area (Å²) in [5.74, 6) is -2.02. The molecule has 1 rings (SSSR count). The number of hydrogen-bond donors (Lipinski definition) is 2. The lowest BCUT2D eigenvalue weighted by molar-refractivity contribution is -0.205. The average molecular weight is 262 g/mol. The number of ether oxygens (including phenoxy) is 3. The molecule has 1 saturated heterocycles. The van der Waals surface area contributed by atoms with E-state index in [4.69, 9.17) is 14.2 Å². The number of carbonyl (C=O) groups excluding carboxylic acids is 1. The van der Waals surface area contributed by atoms with Crippen molar-refractivity contribution in [2.75, 3.05) is 19.8 Å². The zero-order valence-corrected chi connectivity index (χ0v) is 10.9. The predicted octanol–water partition coefficient (Wildman–Crippen LogP) is 0.205. The molecule has 2 N–H and O–H groups in total. The Hall–Kier alpha value is -0.690. The summed E-state index contributed by atoms with van der Waals surface area (Å²) in [7, 11) is 0. The Labute approximate surface area is 107 Å². The monoisotopic (exact) mass is 262 g/mol. The van der Waals surface area contributed by atoms with Crippen LogP contribution in [0, 0.1) is 0 Å². The molecular formula is C12H22O6. The van der Waals surface area contributed by atoms with Crippen LogP contribution in [0.1, 0.15) is 33.1 Å². The van der Waals surface area contributed by atoms with Gasteiger partial charge in [0.2, 0.25) is 0 Å². The Morgan fingerprint density at radius 2 is 2.28 bits per heavy atom. The van der Waals surface area contributed by atoms with Gasteiger partial charge in [-0.25, -0.2) is 0 Å². The highest BCUT2D eigenvalue weighted by molar-refractivity contribution is 5.70. The van der Waals surface area contributed by atoms with Gasteiger partial charge in [-0.15, -0.1) is 0 Å². The normalized spacial score (nSPS) is 26.9. The van der Waals surface area contributed by atoms with Gasteiger partial charge in [0.15, 0.2) is 5.79 Å². The van der Waals surface area contributed by atoms with Crippen molar-refractivity contribution < 1.29 is 29.2 Å². The quantitative estimate of drug-likeness (QED) is 0.504. The maximum Gasteiger partial charge on any atom is 0.311 e. The minimum atomic E-state index is -1.52. The van der Waals surface area contributed by atoms with Gasteiger partial charge in [-0.3, -0.25) is 4.79 Å². The van der Waals surface area contributed by atoms with Crippen LogP contribution < -0.4 is 0 Å². The second-order valence-corrected chi connectivity index (χ2v) is 4.64. The first-order chi connectivity index (χ1) is 8.43. The van der Waals surface area contributed by atoms with E-state index in [2.05, 4.69) is 0 Å². The van der Waals surface area contributed by atoms with Gasteiger partial charge in [0.1, 0.15) is 0 Å². The molecule has 18 heavy (non-hydrogen) atoms. The number of rotatable bonds is 7. The second-order valence-electron chi connectivity index (χ2n) is 4.64. The molecule has 106 valence electrons. The molecule has 1 heterocycles. The van der Waals surface area contributed by atoms with Crippen LogP contribution in [0.2, 0.25) is 0 Å². The van der Waals surface area contributed by atoms with Crippen molar-refractivity contribution in [2.45, 2.75) is 51.1 Å². The third kappa shape index (κ3) is 5.77. The molecule has 0 unspecified atom stereocenters. The van der Waals surface area contributed by atoms with E-state index in [9.17, 15) is 15.0 Å². The van der Waals surface area contributed by atoms with Crippen molar-refractivity contribution in [3.63, 3.8) is 0 Å². The van der Waals surface area contributed by atoms with Crippen LogP contribution in [0.15, 0.2) is 0 Å². The Morgan fingerprint density at radius 1 is 1.56 bits per heavy atom. The SMILES string of the molecule is CCOC(=O)C[C@](C)(O)OCC[C@H]1C[C@H](O)CO1. The van der Waals surface area contributed by atoms with E-state index in [-0.39, 0.29) is 25.7 Å². The van der Waals surface area contributed by atoms with E-state index < -0.39 is 17.9 Å². The summed E-state index contributed by atoms with van der Waals surface area (Å²) >= 11 is 0. The molecule has 1 fully saturated rings. The summed E-state index contributed by atoms with van der Waals surface area (Å²) in [6.07, 6.45) is 0.516. The summed E-state index contributed by atoms with van der Waals surface area (Å²) in [5.41, 5.74) is 0. The molecule has 0 aliphatic carbocycles. The van der Waals surface area contributed by atoms with Crippen LogP contribution in [-0.2, 0) is 19.0 Å². The van der Waals surface area contributed by atoms with Crippen molar-refractivity contribution in [1.29, 1.82) is 0 Å². The van der Waals surface area contributed by atoms with Crippen molar-refractivity contribution in [2.24, 2.45) is 0 Å². The van der Waals surface area contributed by atoms with Gasteiger partial charge in [-0.1, -0.05) is 0 Å². The molecule has 0 bridgehead atoms.